The number of hydrogen-bond donors (Lipinski definition) is 1. The highest BCUT2D eigenvalue weighted by Gasteiger charge is 2.49. The van der Waals surface area contributed by atoms with Crippen molar-refractivity contribution < 1.29 is 13.2 Å². The largest absolute Gasteiger partial charge is 0.393 e. The van der Waals surface area contributed by atoms with Gasteiger partial charge in [0.1, 0.15) is 23.0 Å². The van der Waals surface area contributed by atoms with Gasteiger partial charge in [0.05, 0.1) is 23.1 Å². The van der Waals surface area contributed by atoms with Crippen LogP contribution >= 0.6 is 11.3 Å². The number of nitriles is 1. The average molecular weight is 542 g/mol. The van der Waals surface area contributed by atoms with E-state index in [0.717, 1.165) is 92.4 Å². The van der Waals surface area contributed by atoms with E-state index in [9.17, 15) is 18.4 Å². The molecule has 0 unspecified atom stereocenters. The molecule has 4 heterocycles. The predicted molar refractivity (Wildman–Crippen MR) is 144 cm³/mol. The van der Waals surface area contributed by atoms with E-state index in [1.54, 1.807) is 6.07 Å². The number of rotatable bonds is 5. The smallest absolute Gasteiger partial charge is 0.382 e. The lowest BCUT2D eigenvalue weighted by molar-refractivity contribution is -0.126. The van der Waals surface area contributed by atoms with Gasteiger partial charge in [-0.15, -0.1) is 11.3 Å². The minimum absolute atomic E-state index is 0.187. The van der Waals surface area contributed by atoms with Crippen LogP contribution in [0.2, 0.25) is 0 Å². The Labute approximate surface area is 223 Å². The van der Waals surface area contributed by atoms with Gasteiger partial charge in [-0.3, -0.25) is 0 Å². The summed E-state index contributed by atoms with van der Waals surface area (Å²) in [4.78, 5) is 16.4. The molecule has 38 heavy (non-hydrogen) atoms. The number of nitrogens with zero attached hydrogens (tertiary/aromatic N) is 6. The SMILES string of the molecule is CN1CCN(c2cc(NC3CC4(CCN(c5ncnc6sc(CC(F)(F)F)cc56)C4)C3)ccc2C#N)CC1. The molecular weight excluding hydrogens is 511 g/mol. The van der Waals surface area contributed by atoms with Crippen LogP contribution in [0.15, 0.2) is 30.6 Å². The second kappa shape index (κ2) is 9.58. The summed E-state index contributed by atoms with van der Waals surface area (Å²) in [5.41, 5.74) is 2.94. The monoisotopic (exact) mass is 541 g/mol. The van der Waals surface area contributed by atoms with E-state index in [1.807, 2.05) is 12.1 Å². The average Bonchev–Trinajstić information content (AvgIpc) is 3.47. The molecule has 3 fully saturated rings. The summed E-state index contributed by atoms with van der Waals surface area (Å²) in [5.74, 6) is 0.747. The molecule has 11 heteroatoms. The predicted octanol–water partition coefficient (Wildman–Crippen LogP) is 4.89. The number of nitrogens with one attached hydrogen (secondary N) is 1. The molecule has 2 saturated heterocycles. The Morgan fingerprint density at radius 1 is 1.11 bits per heavy atom. The summed E-state index contributed by atoms with van der Waals surface area (Å²) in [7, 11) is 2.12. The van der Waals surface area contributed by atoms with Crippen molar-refractivity contribution >= 4 is 38.7 Å². The highest BCUT2D eigenvalue weighted by Crippen LogP contribution is 2.50. The number of hydrogen-bond acceptors (Lipinski definition) is 8. The molecule has 0 radical (unpaired) electrons. The maximum absolute atomic E-state index is 12.9. The van der Waals surface area contributed by atoms with E-state index in [1.165, 1.54) is 6.33 Å². The number of fused-ring (bicyclic) bond motifs is 1. The number of anilines is 3. The third kappa shape index (κ3) is 4.99. The zero-order chi connectivity index (χ0) is 26.5. The highest BCUT2D eigenvalue weighted by molar-refractivity contribution is 7.18. The van der Waals surface area contributed by atoms with E-state index in [-0.39, 0.29) is 10.3 Å². The summed E-state index contributed by atoms with van der Waals surface area (Å²) in [6.45, 7) is 5.48. The van der Waals surface area contributed by atoms with Crippen LogP contribution in [0.3, 0.4) is 0 Å². The molecule has 2 aromatic heterocycles. The van der Waals surface area contributed by atoms with Gasteiger partial charge < -0.3 is 20.0 Å². The van der Waals surface area contributed by atoms with E-state index >= 15 is 0 Å². The van der Waals surface area contributed by atoms with Crippen molar-refractivity contribution in [3.63, 3.8) is 0 Å². The molecule has 1 aromatic carbocycles. The van der Waals surface area contributed by atoms with Gasteiger partial charge in [0.25, 0.3) is 0 Å². The normalized spacial score (nSPS) is 24.1. The van der Waals surface area contributed by atoms with E-state index < -0.39 is 12.6 Å². The summed E-state index contributed by atoms with van der Waals surface area (Å²) in [5, 5.41) is 14.0. The van der Waals surface area contributed by atoms with Gasteiger partial charge in [-0.2, -0.15) is 18.4 Å². The van der Waals surface area contributed by atoms with Crippen molar-refractivity contribution in [3.8, 4) is 6.07 Å². The second-order valence-electron chi connectivity index (χ2n) is 11.0. The van der Waals surface area contributed by atoms with Crippen LogP contribution in [0.4, 0.5) is 30.4 Å². The van der Waals surface area contributed by atoms with E-state index in [0.29, 0.717) is 16.4 Å². The number of piperazine rings is 1. The van der Waals surface area contributed by atoms with Crippen LogP contribution < -0.4 is 15.1 Å². The molecule has 1 aliphatic carbocycles. The maximum Gasteiger partial charge on any atom is 0.393 e. The number of likely N-dealkylation sites (N-methyl/N-ethyl adjacent to an activating group) is 1. The Morgan fingerprint density at radius 2 is 1.89 bits per heavy atom. The Bertz CT molecular complexity index is 1370. The van der Waals surface area contributed by atoms with Gasteiger partial charge >= 0.3 is 6.18 Å². The number of halogens is 3. The molecule has 7 nitrogen and oxygen atoms in total. The Morgan fingerprint density at radius 3 is 2.63 bits per heavy atom. The third-order valence-corrected chi connectivity index (χ3v) is 9.21. The fraction of sp³-hybridized carbons (Fsp3) is 0.519. The number of benzene rings is 1. The zero-order valence-corrected chi connectivity index (χ0v) is 22.1. The van der Waals surface area contributed by atoms with Gasteiger partial charge in [0.15, 0.2) is 0 Å². The quantitative estimate of drug-likeness (QED) is 0.493. The maximum atomic E-state index is 12.9. The zero-order valence-electron chi connectivity index (χ0n) is 21.3. The van der Waals surface area contributed by atoms with Crippen LogP contribution in [0, 0.1) is 16.7 Å². The van der Waals surface area contributed by atoms with Crippen LogP contribution in [-0.4, -0.2) is 73.4 Å². The van der Waals surface area contributed by atoms with Crippen molar-refractivity contribution in [1.29, 1.82) is 5.26 Å². The molecule has 200 valence electrons. The van der Waals surface area contributed by atoms with Crippen molar-refractivity contribution in [3.05, 3.63) is 41.0 Å². The number of alkyl halides is 3. The summed E-state index contributed by atoms with van der Waals surface area (Å²) in [6, 6.07) is 10.3. The first-order valence-corrected chi connectivity index (χ1v) is 13.8. The highest BCUT2D eigenvalue weighted by atomic mass is 32.1. The standard InChI is InChI=1S/C27H30F3N7S/c1-35-6-8-36(9-7-35)23-10-19(3-2-18(23)15-31)34-20-12-26(13-20)4-5-37(16-26)24-22-11-21(14-27(28,29)30)38-25(22)33-17-32-24/h2-3,10-11,17,20,34H,4-9,12-14,16H2,1H3. The molecular formula is C27H30F3N7S. The minimum Gasteiger partial charge on any atom is -0.382 e. The lowest BCUT2D eigenvalue weighted by atomic mass is 9.65. The first-order valence-electron chi connectivity index (χ1n) is 13.0. The van der Waals surface area contributed by atoms with Crippen molar-refractivity contribution in [2.75, 3.05) is 61.4 Å². The van der Waals surface area contributed by atoms with Crippen molar-refractivity contribution in [1.82, 2.24) is 14.9 Å². The molecule has 2 aliphatic heterocycles. The lowest BCUT2D eigenvalue weighted by Gasteiger charge is -2.46. The number of aromatic nitrogens is 2. The van der Waals surface area contributed by atoms with Crippen LogP contribution in [-0.2, 0) is 6.42 Å². The Kier molecular flexibility index (Phi) is 6.35. The lowest BCUT2D eigenvalue weighted by Crippen LogP contribution is -2.47. The molecule has 1 N–H and O–H groups in total. The summed E-state index contributed by atoms with van der Waals surface area (Å²) in [6.07, 6.45) is -0.605. The topological polar surface area (TPSA) is 71.3 Å². The molecule has 0 bridgehead atoms. The first kappa shape index (κ1) is 25.2. The summed E-state index contributed by atoms with van der Waals surface area (Å²) < 4.78 is 38.8. The second-order valence-corrected chi connectivity index (χ2v) is 12.1. The van der Waals surface area contributed by atoms with Crippen LogP contribution in [0.1, 0.15) is 29.7 Å². The van der Waals surface area contributed by atoms with Gasteiger partial charge in [0, 0.05) is 55.9 Å². The fourth-order valence-electron chi connectivity index (χ4n) is 6.23. The molecule has 1 saturated carbocycles. The van der Waals surface area contributed by atoms with Crippen molar-refractivity contribution in [2.45, 2.75) is 37.9 Å². The molecule has 3 aromatic rings. The Hall–Kier alpha value is -3.10. The molecule has 3 aliphatic rings. The van der Waals surface area contributed by atoms with Crippen LogP contribution in [0.5, 0.6) is 0 Å². The summed E-state index contributed by atoms with van der Waals surface area (Å²) >= 11 is 1.10. The van der Waals surface area contributed by atoms with Crippen LogP contribution in [0.25, 0.3) is 10.2 Å². The van der Waals surface area contributed by atoms with Gasteiger partial charge in [-0.1, -0.05) is 0 Å². The van der Waals surface area contributed by atoms with Gasteiger partial charge in [-0.05, 0) is 56.0 Å². The minimum atomic E-state index is -4.24. The van der Waals surface area contributed by atoms with Crippen molar-refractivity contribution in [2.24, 2.45) is 5.41 Å². The fourth-order valence-corrected chi connectivity index (χ4v) is 7.25. The van der Waals surface area contributed by atoms with Gasteiger partial charge in [0.2, 0.25) is 0 Å². The van der Waals surface area contributed by atoms with E-state index in [4.69, 9.17) is 0 Å². The molecule has 0 amide bonds. The molecule has 0 atom stereocenters. The third-order valence-electron chi connectivity index (χ3n) is 8.16. The number of thiophene rings is 1. The molecule has 6 rings (SSSR count). The first-order chi connectivity index (χ1) is 18.2. The molecule has 1 spiro atoms. The Balaban J connectivity index is 1.11. The van der Waals surface area contributed by atoms with Gasteiger partial charge in [-0.25, -0.2) is 9.97 Å². The van der Waals surface area contributed by atoms with E-state index in [2.05, 4.69) is 49.2 Å².